The summed E-state index contributed by atoms with van der Waals surface area (Å²) in [4.78, 5) is 26.1. The third-order valence-corrected chi connectivity index (χ3v) is 7.28. The Morgan fingerprint density at radius 1 is 0.842 bits per heavy atom. The summed E-state index contributed by atoms with van der Waals surface area (Å²) < 4.78 is 54.4. The van der Waals surface area contributed by atoms with Crippen LogP contribution in [0.2, 0.25) is 0 Å². The van der Waals surface area contributed by atoms with Gasteiger partial charge in [-0.2, -0.15) is 27.5 Å². The number of likely N-dealkylation sites (N-methyl/N-ethyl adjacent to an activating group) is 1. The van der Waals surface area contributed by atoms with Crippen molar-refractivity contribution in [2.24, 2.45) is 0 Å². The van der Waals surface area contributed by atoms with E-state index < -0.39 is 29.3 Å². The molecule has 0 atom stereocenters. The van der Waals surface area contributed by atoms with Crippen molar-refractivity contribution < 1.29 is 22.4 Å². The first kappa shape index (κ1) is 27.9. The summed E-state index contributed by atoms with van der Waals surface area (Å²) in [5.74, 6) is -3.67. The molecule has 1 saturated heterocycles. The zero-order valence-corrected chi connectivity index (χ0v) is 21.7. The zero-order chi connectivity index (χ0) is 26.2. The molecule has 0 radical (unpaired) electrons. The fourth-order valence-corrected chi connectivity index (χ4v) is 5.61. The lowest BCUT2D eigenvalue weighted by Gasteiger charge is -2.46. The van der Waals surface area contributed by atoms with Crippen LogP contribution in [-0.2, 0) is 30.7 Å². The van der Waals surface area contributed by atoms with E-state index in [1.54, 1.807) is 7.05 Å². The Balaban J connectivity index is 0.00000336. The van der Waals surface area contributed by atoms with Gasteiger partial charge in [0.15, 0.2) is 0 Å². The maximum atomic E-state index is 14.0. The van der Waals surface area contributed by atoms with Crippen LogP contribution in [0.5, 0.6) is 0 Å². The summed E-state index contributed by atoms with van der Waals surface area (Å²) in [5.41, 5.74) is 2.22. The number of nitrogens with zero attached hydrogens (tertiary/aromatic N) is 5. The molecule has 3 aromatic rings. The third-order valence-electron chi connectivity index (χ3n) is 7.28. The molecule has 1 aliphatic heterocycles. The first-order chi connectivity index (χ1) is 17.7. The van der Waals surface area contributed by atoms with E-state index in [2.05, 4.69) is 19.8 Å². The van der Waals surface area contributed by atoms with E-state index in [-0.39, 0.29) is 24.9 Å². The van der Waals surface area contributed by atoms with Crippen molar-refractivity contribution in [3.63, 3.8) is 0 Å². The Labute approximate surface area is 224 Å². The van der Waals surface area contributed by atoms with Crippen LogP contribution < -0.4 is 0 Å². The highest BCUT2D eigenvalue weighted by molar-refractivity contribution is 5.88. The highest BCUT2D eigenvalue weighted by Gasteiger charge is 2.50. The summed E-state index contributed by atoms with van der Waals surface area (Å²) >= 11 is 0. The molecule has 2 aliphatic rings. The molecule has 5 rings (SSSR count). The maximum Gasteiger partial charge on any atom is 0.243 e. The topological polar surface area (TPSA) is 52.6 Å². The van der Waals surface area contributed by atoms with Gasteiger partial charge in [-0.05, 0) is 46.5 Å². The SMILES string of the molecule is CN(Cc1cc(F)nc(F)c1)C(=O)C1(N2CCN(Cc3cc(F)nc(F)c3)CC2)Cc2ccccc2C1.Cl. The maximum absolute atomic E-state index is 14.0. The van der Waals surface area contributed by atoms with Crippen molar-refractivity contribution in [3.8, 4) is 0 Å². The van der Waals surface area contributed by atoms with Crippen molar-refractivity contribution in [1.29, 1.82) is 0 Å². The number of pyridine rings is 2. The highest BCUT2D eigenvalue weighted by Crippen LogP contribution is 2.37. The van der Waals surface area contributed by atoms with Gasteiger partial charge < -0.3 is 4.90 Å². The largest absolute Gasteiger partial charge is 0.340 e. The molecule has 0 spiro atoms. The van der Waals surface area contributed by atoms with E-state index in [0.717, 1.165) is 23.3 Å². The first-order valence-corrected chi connectivity index (χ1v) is 12.2. The number of hydrogen-bond acceptors (Lipinski definition) is 5. The molecular weight excluding hydrogens is 522 g/mol. The minimum absolute atomic E-state index is 0. The van der Waals surface area contributed by atoms with E-state index in [4.69, 9.17) is 0 Å². The lowest BCUT2D eigenvalue weighted by Crippen LogP contribution is -2.64. The summed E-state index contributed by atoms with van der Waals surface area (Å²) in [6.45, 7) is 2.82. The molecule has 6 nitrogen and oxygen atoms in total. The predicted molar refractivity (Wildman–Crippen MR) is 135 cm³/mol. The number of rotatable bonds is 6. The molecule has 0 bridgehead atoms. The molecule has 0 saturated carbocycles. The van der Waals surface area contributed by atoms with Crippen molar-refractivity contribution >= 4 is 18.3 Å². The number of amides is 1. The van der Waals surface area contributed by atoms with Crippen LogP contribution in [0.25, 0.3) is 0 Å². The zero-order valence-electron chi connectivity index (χ0n) is 20.8. The Kier molecular flexibility index (Phi) is 8.34. The van der Waals surface area contributed by atoms with Crippen molar-refractivity contribution in [2.75, 3.05) is 33.2 Å². The van der Waals surface area contributed by atoms with E-state index in [1.807, 2.05) is 24.3 Å². The number of benzene rings is 1. The molecule has 0 unspecified atom stereocenters. The van der Waals surface area contributed by atoms with Gasteiger partial charge in [-0.15, -0.1) is 12.4 Å². The van der Waals surface area contributed by atoms with Crippen molar-refractivity contribution in [3.05, 3.63) is 94.6 Å². The third kappa shape index (κ3) is 5.82. The summed E-state index contributed by atoms with van der Waals surface area (Å²) in [7, 11) is 1.64. The predicted octanol–water partition coefficient (Wildman–Crippen LogP) is 3.77. The van der Waals surface area contributed by atoms with Crippen LogP contribution in [0, 0.1) is 23.8 Å². The Morgan fingerprint density at radius 2 is 1.32 bits per heavy atom. The molecule has 11 heteroatoms. The monoisotopic (exact) mass is 549 g/mol. The van der Waals surface area contributed by atoms with Crippen LogP contribution in [0.4, 0.5) is 17.6 Å². The molecule has 38 heavy (non-hydrogen) atoms. The van der Waals surface area contributed by atoms with Gasteiger partial charge in [0, 0.05) is 59.2 Å². The Morgan fingerprint density at radius 3 is 1.82 bits per heavy atom. The number of aromatic nitrogens is 2. The first-order valence-electron chi connectivity index (χ1n) is 12.2. The fourth-order valence-electron chi connectivity index (χ4n) is 5.61. The lowest BCUT2D eigenvalue weighted by molar-refractivity contribution is -0.145. The number of fused-ring (bicyclic) bond motifs is 1. The normalized spacial score (nSPS) is 17.1. The van der Waals surface area contributed by atoms with Crippen LogP contribution in [-0.4, -0.2) is 69.3 Å². The molecule has 1 amide bonds. The lowest BCUT2D eigenvalue weighted by atomic mass is 9.90. The molecule has 1 fully saturated rings. The van der Waals surface area contributed by atoms with Gasteiger partial charge in [0.1, 0.15) is 5.54 Å². The van der Waals surface area contributed by atoms with Gasteiger partial charge in [-0.25, -0.2) is 0 Å². The molecule has 3 heterocycles. The molecule has 1 aromatic carbocycles. The smallest absolute Gasteiger partial charge is 0.243 e. The van der Waals surface area contributed by atoms with Crippen molar-refractivity contribution in [2.45, 2.75) is 31.5 Å². The standard InChI is InChI=1S/C27H27F4N5O.ClH/c1-34(16-18-10-22(28)32-23(29)11-18)26(37)27(14-20-4-2-3-5-21(20)15-27)36-8-6-35(7-9-36)17-19-12-24(30)33-25(31)13-19;/h2-5,10-13H,6-9,14-17H2,1H3;1H. The second kappa shape index (κ2) is 11.3. The van der Waals surface area contributed by atoms with Crippen molar-refractivity contribution in [1.82, 2.24) is 24.7 Å². The molecule has 1 aliphatic carbocycles. The summed E-state index contributed by atoms with van der Waals surface area (Å²) in [6.07, 6.45) is 1.07. The van der Waals surface area contributed by atoms with Crippen LogP contribution in [0.1, 0.15) is 22.3 Å². The van der Waals surface area contributed by atoms with Crippen LogP contribution >= 0.6 is 12.4 Å². The number of halogens is 5. The van der Waals surface area contributed by atoms with E-state index in [1.165, 1.54) is 17.0 Å². The highest BCUT2D eigenvalue weighted by atomic mass is 35.5. The van der Waals surface area contributed by atoms with Gasteiger partial charge in [-0.3, -0.25) is 14.6 Å². The second-order valence-electron chi connectivity index (χ2n) is 9.82. The number of piperazine rings is 1. The van der Waals surface area contributed by atoms with Gasteiger partial charge >= 0.3 is 0 Å². The van der Waals surface area contributed by atoms with Crippen LogP contribution in [0.15, 0.2) is 48.5 Å². The molecule has 0 N–H and O–H groups in total. The molecule has 2 aromatic heterocycles. The number of carbonyl (C=O) groups excluding carboxylic acids is 1. The van der Waals surface area contributed by atoms with E-state index >= 15 is 0 Å². The average Bonchev–Trinajstić information content (AvgIpc) is 3.23. The quantitative estimate of drug-likeness (QED) is 0.346. The summed E-state index contributed by atoms with van der Waals surface area (Å²) in [6, 6.07) is 12.7. The van der Waals surface area contributed by atoms with E-state index in [0.29, 0.717) is 56.7 Å². The second-order valence-corrected chi connectivity index (χ2v) is 9.82. The fraction of sp³-hybridized carbons (Fsp3) is 0.370. The number of hydrogen-bond donors (Lipinski definition) is 0. The van der Waals surface area contributed by atoms with Crippen LogP contribution in [0.3, 0.4) is 0 Å². The van der Waals surface area contributed by atoms with Gasteiger partial charge in [-0.1, -0.05) is 24.3 Å². The Hall–Kier alpha value is -3.08. The molecular formula is C27H28ClF4N5O. The Bertz CT molecular complexity index is 1250. The summed E-state index contributed by atoms with van der Waals surface area (Å²) in [5, 5.41) is 0. The van der Waals surface area contributed by atoms with Gasteiger partial charge in [0.2, 0.25) is 29.7 Å². The minimum Gasteiger partial charge on any atom is -0.340 e. The average molecular weight is 550 g/mol. The van der Waals surface area contributed by atoms with E-state index in [9.17, 15) is 22.4 Å². The number of carbonyl (C=O) groups is 1. The molecule has 202 valence electrons. The van der Waals surface area contributed by atoms with Gasteiger partial charge in [0.25, 0.3) is 0 Å². The minimum atomic E-state index is -0.927. The van der Waals surface area contributed by atoms with Gasteiger partial charge in [0.05, 0.1) is 0 Å².